The minimum absolute atomic E-state index is 0.0672. The smallest absolute Gasteiger partial charge is 0.266 e. The maximum absolute atomic E-state index is 12.8. The number of benzene rings is 1. The van der Waals surface area contributed by atoms with E-state index in [1.54, 1.807) is 10.7 Å². The highest BCUT2D eigenvalue weighted by Crippen LogP contribution is 2.23. The van der Waals surface area contributed by atoms with Gasteiger partial charge in [-0.05, 0) is 37.0 Å². The summed E-state index contributed by atoms with van der Waals surface area (Å²) in [5, 5.41) is 9.54. The zero-order chi connectivity index (χ0) is 21.3. The van der Waals surface area contributed by atoms with E-state index < -0.39 is 0 Å². The van der Waals surface area contributed by atoms with Gasteiger partial charge in [0.2, 0.25) is 5.91 Å². The van der Waals surface area contributed by atoms with Gasteiger partial charge in [-0.15, -0.1) is 0 Å². The fraction of sp³-hybridized carbons (Fsp3) is 0.478. The lowest BCUT2D eigenvalue weighted by atomic mass is 9.92. The van der Waals surface area contributed by atoms with Gasteiger partial charge in [0, 0.05) is 36.5 Å². The number of carbonyl (C=O) groups excluding carboxylic acids is 1. The van der Waals surface area contributed by atoms with Crippen molar-refractivity contribution in [1.82, 2.24) is 19.8 Å². The standard InChI is InChI=1S/C23H28N4O3/c1-23(2,3)20-8-9-21(28)27(24-20)15-16-10-12-26(13-11-16)22(29)14-18-17-6-4-5-7-19(17)30-25-18/h4-9,16H,10-15H2,1-3H3. The quantitative estimate of drug-likeness (QED) is 0.662. The maximum Gasteiger partial charge on any atom is 0.266 e. The van der Waals surface area contributed by atoms with Gasteiger partial charge in [0.05, 0.1) is 12.1 Å². The van der Waals surface area contributed by atoms with Crippen LogP contribution in [0.2, 0.25) is 0 Å². The van der Waals surface area contributed by atoms with Gasteiger partial charge in [-0.25, -0.2) is 4.68 Å². The topological polar surface area (TPSA) is 81.2 Å². The Morgan fingerprint density at radius 3 is 2.60 bits per heavy atom. The van der Waals surface area contributed by atoms with Crippen molar-refractivity contribution >= 4 is 16.9 Å². The maximum atomic E-state index is 12.8. The SMILES string of the molecule is CC(C)(C)c1ccc(=O)n(CC2CCN(C(=O)Cc3noc4ccccc34)CC2)n1. The molecule has 7 nitrogen and oxygen atoms in total. The molecule has 0 aliphatic carbocycles. The second kappa shape index (κ2) is 8.05. The second-order valence-electron chi connectivity index (χ2n) is 9.12. The molecule has 1 aromatic carbocycles. The summed E-state index contributed by atoms with van der Waals surface area (Å²) in [4.78, 5) is 26.9. The van der Waals surface area contributed by atoms with Gasteiger partial charge >= 0.3 is 0 Å². The van der Waals surface area contributed by atoms with Crippen LogP contribution in [-0.2, 0) is 23.2 Å². The highest BCUT2D eigenvalue weighted by atomic mass is 16.5. The molecular weight excluding hydrogens is 380 g/mol. The Labute approximate surface area is 175 Å². The molecule has 1 aliphatic heterocycles. The minimum atomic E-state index is -0.101. The van der Waals surface area contributed by atoms with Crippen LogP contribution in [0.5, 0.6) is 0 Å². The zero-order valence-electron chi connectivity index (χ0n) is 17.8. The van der Waals surface area contributed by atoms with Crippen LogP contribution in [0.25, 0.3) is 11.0 Å². The van der Waals surface area contributed by atoms with Crippen LogP contribution in [0.15, 0.2) is 45.7 Å². The fourth-order valence-electron chi connectivity index (χ4n) is 3.91. The number of hydrogen-bond donors (Lipinski definition) is 0. The average molecular weight is 409 g/mol. The summed E-state index contributed by atoms with van der Waals surface area (Å²) in [6.07, 6.45) is 1.97. The molecule has 158 valence electrons. The van der Waals surface area contributed by atoms with Crippen molar-refractivity contribution < 1.29 is 9.32 Å². The van der Waals surface area contributed by atoms with Crippen molar-refractivity contribution in [1.29, 1.82) is 0 Å². The first-order valence-corrected chi connectivity index (χ1v) is 10.5. The third-order valence-corrected chi connectivity index (χ3v) is 5.80. The van der Waals surface area contributed by atoms with Crippen molar-refractivity contribution in [3.05, 3.63) is 58.1 Å². The molecule has 1 aliphatic rings. The van der Waals surface area contributed by atoms with Gasteiger partial charge in [-0.1, -0.05) is 38.1 Å². The summed E-state index contributed by atoms with van der Waals surface area (Å²) in [6, 6.07) is 11.0. The highest BCUT2D eigenvalue weighted by Gasteiger charge is 2.25. The van der Waals surface area contributed by atoms with Crippen LogP contribution in [0.1, 0.15) is 45.0 Å². The van der Waals surface area contributed by atoms with Crippen molar-refractivity contribution in [2.75, 3.05) is 13.1 Å². The molecule has 0 unspecified atom stereocenters. The van der Waals surface area contributed by atoms with Crippen LogP contribution >= 0.6 is 0 Å². The van der Waals surface area contributed by atoms with Crippen LogP contribution in [0.3, 0.4) is 0 Å². The predicted molar refractivity (Wildman–Crippen MR) is 114 cm³/mol. The molecule has 1 saturated heterocycles. The van der Waals surface area contributed by atoms with E-state index in [9.17, 15) is 9.59 Å². The summed E-state index contributed by atoms with van der Waals surface area (Å²) >= 11 is 0. The number of carbonyl (C=O) groups is 1. The third kappa shape index (κ3) is 4.30. The number of aromatic nitrogens is 3. The average Bonchev–Trinajstić information content (AvgIpc) is 3.12. The molecule has 3 aromatic rings. The number of rotatable bonds is 4. The predicted octanol–water partition coefficient (Wildman–Crippen LogP) is 3.16. The Morgan fingerprint density at radius 1 is 1.13 bits per heavy atom. The number of amides is 1. The summed E-state index contributed by atoms with van der Waals surface area (Å²) in [7, 11) is 0. The molecule has 0 atom stereocenters. The van der Waals surface area contributed by atoms with E-state index in [0.29, 0.717) is 36.8 Å². The first kappa shape index (κ1) is 20.3. The summed E-state index contributed by atoms with van der Waals surface area (Å²) < 4.78 is 6.89. The Kier molecular flexibility index (Phi) is 5.45. The van der Waals surface area contributed by atoms with Crippen molar-refractivity contribution in [3.63, 3.8) is 0 Å². The fourth-order valence-corrected chi connectivity index (χ4v) is 3.91. The number of piperidine rings is 1. The molecule has 7 heteroatoms. The lowest BCUT2D eigenvalue weighted by Gasteiger charge is -2.32. The first-order valence-electron chi connectivity index (χ1n) is 10.5. The Balaban J connectivity index is 1.36. The summed E-state index contributed by atoms with van der Waals surface area (Å²) in [5.41, 5.74) is 2.13. The van der Waals surface area contributed by atoms with Crippen molar-refractivity contribution in [3.8, 4) is 0 Å². The number of fused-ring (bicyclic) bond motifs is 1. The molecule has 3 heterocycles. The molecule has 0 radical (unpaired) electrons. The highest BCUT2D eigenvalue weighted by molar-refractivity contribution is 5.86. The van der Waals surface area contributed by atoms with E-state index in [-0.39, 0.29) is 23.3 Å². The van der Waals surface area contributed by atoms with E-state index in [1.165, 1.54) is 0 Å². The normalized spacial score (nSPS) is 15.6. The molecule has 30 heavy (non-hydrogen) atoms. The summed E-state index contributed by atoms with van der Waals surface area (Å²) in [6.45, 7) is 8.24. The van der Waals surface area contributed by atoms with Gasteiger partial charge in [0.25, 0.3) is 5.56 Å². The monoisotopic (exact) mass is 408 g/mol. The molecule has 1 fully saturated rings. The number of para-hydroxylation sites is 1. The molecule has 1 amide bonds. The molecule has 2 aromatic heterocycles. The lowest BCUT2D eigenvalue weighted by Crippen LogP contribution is -2.41. The molecular formula is C23H28N4O3. The van der Waals surface area contributed by atoms with Gasteiger partial charge < -0.3 is 9.42 Å². The van der Waals surface area contributed by atoms with Crippen LogP contribution in [0.4, 0.5) is 0 Å². The van der Waals surface area contributed by atoms with E-state index in [2.05, 4.69) is 31.0 Å². The van der Waals surface area contributed by atoms with Gasteiger partial charge in [-0.2, -0.15) is 5.10 Å². The van der Waals surface area contributed by atoms with Crippen molar-refractivity contribution in [2.24, 2.45) is 5.92 Å². The number of hydrogen-bond acceptors (Lipinski definition) is 5. The van der Waals surface area contributed by atoms with E-state index in [1.807, 2.05) is 35.2 Å². The third-order valence-electron chi connectivity index (χ3n) is 5.80. The molecule has 4 rings (SSSR count). The number of nitrogens with zero attached hydrogens (tertiary/aromatic N) is 4. The van der Waals surface area contributed by atoms with E-state index in [4.69, 9.17) is 4.52 Å². The van der Waals surface area contributed by atoms with E-state index in [0.717, 1.165) is 23.9 Å². The molecule has 0 saturated carbocycles. The molecule has 0 bridgehead atoms. The second-order valence-corrected chi connectivity index (χ2v) is 9.12. The zero-order valence-corrected chi connectivity index (χ0v) is 17.8. The van der Waals surface area contributed by atoms with Crippen LogP contribution in [-0.4, -0.2) is 38.8 Å². The first-order chi connectivity index (χ1) is 14.3. The number of likely N-dealkylation sites (tertiary alicyclic amines) is 1. The largest absolute Gasteiger partial charge is 0.356 e. The van der Waals surface area contributed by atoms with Crippen LogP contribution in [0, 0.1) is 5.92 Å². The van der Waals surface area contributed by atoms with Crippen molar-refractivity contribution in [2.45, 2.75) is 52.0 Å². The van der Waals surface area contributed by atoms with Gasteiger partial charge in [-0.3, -0.25) is 9.59 Å². The molecule has 0 N–H and O–H groups in total. The Morgan fingerprint density at radius 2 is 1.87 bits per heavy atom. The Hall–Kier alpha value is -2.96. The van der Waals surface area contributed by atoms with E-state index >= 15 is 0 Å². The Bertz CT molecular complexity index is 1100. The van der Waals surface area contributed by atoms with Gasteiger partial charge in [0.1, 0.15) is 5.69 Å². The summed E-state index contributed by atoms with van der Waals surface area (Å²) in [5.74, 6) is 0.403. The molecule has 0 spiro atoms. The lowest BCUT2D eigenvalue weighted by molar-refractivity contribution is -0.132. The van der Waals surface area contributed by atoms with Crippen LogP contribution < -0.4 is 5.56 Å². The minimum Gasteiger partial charge on any atom is -0.356 e. The van der Waals surface area contributed by atoms with Gasteiger partial charge in [0.15, 0.2) is 5.58 Å².